The van der Waals surface area contributed by atoms with Crippen LogP contribution in [0.25, 0.3) is 0 Å². The van der Waals surface area contributed by atoms with E-state index in [1.807, 2.05) is 0 Å². The Bertz CT molecular complexity index is 1050. The predicted molar refractivity (Wildman–Crippen MR) is 156 cm³/mol. The van der Waals surface area contributed by atoms with E-state index in [4.69, 9.17) is 33.2 Å². The topological polar surface area (TPSA) is 328 Å². The number of nitrogens with one attached hydrogen (secondary N) is 2. The van der Waals surface area contributed by atoms with Gasteiger partial charge in [0.25, 0.3) is 0 Å². The molecule has 0 spiro atoms. The first kappa shape index (κ1) is 40.5. The molecule has 4 heterocycles. The summed E-state index contributed by atoms with van der Waals surface area (Å²) >= 11 is 0. The van der Waals surface area contributed by atoms with Crippen LogP contribution in [0.5, 0.6) is 0 Å². The van der Waals surface area contributed by atoms with E-state index in [0.29, 0.717) is 0 Å². The summed E-state index contributed by atoms with van der Waals surface area (Å²) in [6.07, 6.45) is -27.5. The third kappa shape index (κ3) is 9.03. The first-order valence-corrected chi connectivity index (χ1v) is 16.0. The van der Waals surface area contributed by atoms with Gasteiger partial charge in [-0.25, -0.2) is 0 Å². The van der Waals surface area contributed by atoms with E-state index in [-0.39, 0.29) is 6.61 Å². The highest BCUT2D eigenvalue weighted by molar-refractivity contribution is 5.73. The Hall–Kier alpha value is -1.29. The molecule has 0 saturated carbocycles. The highest BCUT2D eigenvalue weighted by Gasteiger charge is 2.54. The molecule has 4 saturated heterocycles. The fourth-order valence-corrected chi connectivity index (χ4v) is 6.31. The lowest BCUT2D eigenvalue weighted by atomic mass is 9.94. The summed E-state index contributed by atoms with van der Waals surface area (Å²) in [6, 6.07) is -2.44. The van der Waals surface area contributed by atoms with E-state index in [2.05, 4.69) is 10.6 Å². The molecule has 13 N–H and O–H groups in total. The molecule has 0 aromatic carbocycles. The molecule has 20 atom stereocenters. The Labute approximate surface area is 280 Å². The molecule has 0 radical (unpaired) electrons. The van der Waals surface area contributed by atoms with Gasteiger partial charge in [-0.1, -0.05) is 0 Å². The van der Waals surface area contributed by atoms with Gasteiger partial charge in [-0.15, -0.1) is 0 Å². The lowest BCUT2D eigenvalue weighted by molar-refractivity contribution is -0.365. The van der Waals surface area contributed by atoms with Gasteiger partial charge in [-0.3, -0.25) is 10.1 Å². The normalized spacial score (nSPS) is 48.6. The Morgan fingerprint density at radius 1 is 0.694 bits per heavy atom. The molecule has 0 bridgehead atoms. The highest BCUT2D eigenvalue weighted by atomic mass is 16.8. The van der Waals surface area contributed by atoms with Gasteiger partial charge in [0.15, 0.2) is 18.9 Å². The van der Waals surface area contributed by atoms with Crippen LogP contribution < -0.4 is 10.6 Å². The number of rotatable bonds is 12. The number of hydrogen-bond acceptors (Lipinski definition) is 20. The van der Waals surface area contributed by atoms with Crippen LogP contribution in [0.3, 0.4) is 0 Å². The van der Waals surface area contributed by atoms with Gasteiger partial charge in [0.1, 0.15) is 91.6 Å². The Kier molecular flexibility index (Phi) is 14.4. The summed E-state index contributed by atoms with van der Waals surface area (Å²) in [7, 11) is 0. The number of ether oxygens (including phenoxy) is 7. The molecular weight excluding hydrogens is 668 g/mol. The quantitative estimate of drug-likeness (QED) is 0.0833. The number of hydrogen-bond donors (Lipinski definition) is 13. The number of carbonyl (C=O) groups is 1. The molecule has 0 unspecified atom stereocenters. The SMILES string of the molecule is CC(=O)N[C@H]1[C@H](O[C@H]2[C@H](O[C@@H]3O[C@@H](C)[C@@H](O)[C@@H](O)[C@@H]3O)[C@@H](N[C@H](C)O)CO[C@@H]2CO)O[C@H](CO)[C@@H](O[C@@H]2O[C@H](CO)[C@@H](O)[C@H](O)[C@@H]2O)[C@@H]1O. The van der Waals surface area contributed by atoms with Crippen molar-refractivity contribution >= 4 is 5.91 Å². The smallest absolute Gasteiger partial charge is 0.217 e. The van der Waals surface area contributed by atoms with Crippen molar-refractivity contribution < 1.29 is 94.1 Å². The van der Waals surface area contributed by atoms with Crippen LogP contribution >= 0.6 is 0 Å². The van der Waals surface area contributed by atoms with Crippen molar-refractivity contribution in [2.45, 2.75) is 143 Å². The average molecular weight is 719 g/mol. The fourth-order valence-electron chi connectivity index (χ4n) is 6.31. The fraction of sp³-hybridized carbons (Fsp3) is 0.964. The minimum absolute atomic E-state index is 0.179. The standard InChI is InChI=1S/C28H50N2O19/c1-8-16(36)19(39)21(41)27(44-8)47-23-11(29-9(2)34)7-43-13(5-32)25(23)49-26-15(30-10(3)35)18(38)24(14(6-33)46-26)48-28-22(42)20(40)17(37)12(4-31)45-28/h8-9,11-29,31-34,36-42H,4-7H2,1-3H3,(H,30,35)/t8-,9-,11-,12+,13+,14+,15+,16+,17+,18+,19+,20-,21-,22-,23+,24+,25+,26-,27-,28-/m0/s1. The van der Waals surface area contributed by atoms with Crippen LogP contribution in [0.1, 0.15) is 20.8 Å². The molecule has 21 heteroatoms. The molecule has 0 aromatic heterocycles. The number of aliphatic hydroxyl groups is 11. The maximum atomic E-state index is 12.3. The van der Waals surface area contributed by atoms with Gasteiger partial charge in [-0.2, -0.15) is 0 Å². The van der Waals surface area contributed by atoms with Crippen molar-refractivity contribution in [3.63, 3.8) is 0 Å². The second kappa shape index (κ2) is 17.5. The van der Waals surface area contributed by atoms with Crippen molar-refractivity contribution in [2.24, 2.45) is 0 Å². The van der Waals surface area contributed by atoms with Gasteiger partial charge < -0.3 is 94.6 Å². The van der Waals surface area contributed by atoms with Gasteiger partial charge in [0.2, 0.25) is 5.91 Å². The Morgan fingerprint density at radius 3 is 1.80 bits per heavy atom. The lowest BCUT2D eigenvalue weighted by Gasteiger charge is -2.50. The van der Waals surface area contributed by atoms with Crippen LogP contribution in [-0.4, -0.2) is 211 Å². The molecule has 0 aromatic rings. The molecule has 0 aliphatic carbocycles. The second-order valence-corrected chi connectivity index (χ2v) is 12.6. The van der Waals surface area contributed by atoms with E-state index in [9.17, 15) is 61.0 Å². The molecule has 1 amide bonds. The maximum absolute atomic E-state index is 12.3. The van der Waals surface area contributed by atoms with Gasteiger partial charge in [0.05, 0.1) is 38.6 Å². The average Bonchev–Trinajstić information content (AvgIpc) is 3.06. The summed E-state index contributed by atoms with van der Waals surface area (Å²) in [5.74, 6) is -0.685. The van der Waals surface area contributed by atoms with E-state index in [0.717, 1.165) is 6.92 Å². The molecule has 21 nitrogen and oxygen atoms in total. The third-order valence-corrected chi connectivity index (χ3v) is 8.97. The number of amides is 1. The number of aliphatic hydroxyl groups excluding tert-OH is 11. The van der Waals surface area contributed by atoms with Crippen molar-refractivity contribution in [3.05, 3.63) is 0 Å². The van der Waals surface area contributed by atoms with Gasteiger partial charge in [0, 0.05) is 6.92 Å². The zero-order valence-electron chi connectivity index (χ0n) is 27.1. The highest BCUT2D eigenvalue weighted by Crippen LogP contribution is 2.34. The van der Waals surface area contributed by atoms with Crippen LogP contribution in [0.4, 0.5) is 0 Å². The summed E-state index contributed by atoms with van der Waals surface area (Å²) in [6.45, 7) is 1.48. The molecule has 286 valence electrons. The minimum Gasteiger partial charge on any atom is -0.394 e. The molecule has 4 aliphatic heterocycles. The zero-order valence-corrected chi connectivity index (χ0v) is 27.1. The van der Waals surface area contributed by atoms with Crippen LogP contribution in [0.2, 0.25) is 0 Å². The first-order valence-electron chi connectivity index (χ1n) is 16.0. The van der Waals surface area contributed by atoms with E-state index in [1.165, 1.54) is 13.8 Å². The van der Waals surface area contributed by atoms with Crippen molar-refractivity contribution in [1.82, 2.24) is 10.6 Å². The largest absolute Gasteiger partial charge is 0.394 e. The monoisotopic (exact) mass is 718 g/mol. The van der Waals surface area contributed by atoms with Crippen molar-refractivity contribution in [2.75, 3.05) is 26.4 Å². The summed E-state index contributed by atoms with van der Waals surface area (Å²) in [5, 5.41) is 119. The lowest BCUT2D eigenvalue weighted by Crippen LogP contribution is -2.70. The van der Waals surface area contributed by atoms with Crippen LogP contribution in [-0.2, 0) is 38.0 Å². The molecular formula is C28H50N2O19. The minimum atomic E-state index is -1.88. The summed E-state index contributed by atoms with van der Waals surface area (Å²) in [4.78, 5) is 12.3. The van der Waals surface area contributed by atoms with E-state index < -0.39 is 148 Å². The third-order valence-electron chi connectivity index (χ3n) is 8.97. The van der Waals surface area contributed by atoms with Crippen LogP contribution in [0.15, 0.2) is 0 Å². The van der Waals surface area contributed by atoms with Crippen molar-refractivity contribution in [1.29, 1.82) is 0 Å². The van der Waals surface area contributed by atoms with E-state index in [1.54, 1.807) is 0 Å². The first-order chi connectivity index (χ1) is 23.1. The molecule has 4 rings (SSSR count). The zero-order chi connectivity index (χ0) is 36.3. The second-order valence-electron chi connectivity index (χ2n) is 12.6. The number of carbonyl (C=O) groups excluding carboxylic acids is 1. The summed E-state index contributed by atoms with van der Waals surface area (Å²) < 4.78 is 40.7. The molecule has 4 fully saturated rings. The molecule has 4 aliphatic rings. The molecule has 49 heavy (non-hydrogen) atoms. The van der Waals surface area contributed by atoms with Gasteiger partial charge in [-0.05, 0) is 13.8 Å². The van der Waals surface area contributed by atoms with E-state index >= 15 is 0 Å². The summed E-state index contributed by atoms with van der Waals surface area (Å²) in [5.41, 5.74) is 0. The Balaban J connectivity index is 1.63. The maximum Gasteiger partial charge on any atom is 0.217 e. The van der Waals surface area contributed by atoms with Crippen molar-refractivity contribution in [3.8, 4) is 0 Å². The van der Waals surface area contributed by atoms with Gasteiger partial charge >= 0.3 is 0 Å². The van der Waals surface area contributed by atoms with Crippen LogP contribution in [0, 0.1) is 0 Å². The predicted octanol–water partition coefficient (Wildman–Crippen LogP) is -7.96. The Morgan fingerprint density at radius 2 is 1.22 bits per heavy atom.